The first-order valence-corrected chi connectivity index (χ1v) is 11.4. The lowest BCUT2D eigenvalue weighted by atomic mass is 9.93. The lowest BCUT2D eigenvalue weighted by Gasteiger charge is -2.31. The van der Waals surface area contributed by atoms with Crippen molar-refractivity contribution in [2.24, 2.45) is 0 Å². The van der Waals surface area contributed by atoms with Crippen molar-refractivity contribution in [3.8, 4) is 0 Å². The van der Waals surface area contributed by atoms with Crippen LogP contribution in [0.1, 0.15) is 36.9 Å². The Morgan fingerprint density at radius 1 is 0.931 bits per heavy atom. The van der Waals surface area contributed by atoms with Crippen molar-refractivity contribution < 1.29 is 0 Å². The van der Waals surface area contributed by atoms with Gasteiger partial charge in [-0.15, -0.1) is 11.8 Å². The molecular weight excluding hydrogens is 394 g/mol. The lowest BCUT2D eigenvalue weighted by molar-refractivity contribution is 0.396. The Kier molecular flexibility index (Phi) is 6.47. The Labute approximate surface area is 182 Å². The van der Waals surface area contributed by atoms with Crippen LogP contribution in [0.2, 0.25) is 0 Å². The van der Waals surface area contributed by atoms with Gasteiger partial charge in [0.1, 0.15) is 0 Å². The summed E-state index contributed by atoms with van der Waals surface area (Å²) in [4.78, 5) is 5.89. The SMILES string of the molecule is S=C(Nc1ccc(CSc2ccccc2)cc1)NC1(c2ccccn2)CCCC1. The summed E-state index contributed by atoms with van der Waals surface area (Å²) in [6, 6.07) is 25.1. The zero-order valence-corrected chi connectivity index (χ0v) is 17.9. The van der Waals surface area contributed by atoms with Crippen LogP contribution >= 0.6 is 24.0 Å². The van der Waals surface area contributed by atoms with Crippen LogP contribution in [0.5, 0.6) is 0 Å². The maximum absolute atomic E-state index is 5.64. The van der Waals surface area contributed by atoms with Crippen LogP contribution in [0.3, 0.4) is 0 Å². The van der Waals surface area contributed by atoms with Gasteiger partial charge in [-0.2, -0.15) is 0 Å². The summed E-state index contributed by atoms with van der Waals surface area (Å²) in [5.74, 6) is 0.954. The Hall–Kier alpha value is -2.37. The molecule has 0 aliphatic heterocycles. The summed E-state index contributed by atoms with van der Waals surface area (Å²) in [5.41, 5.74) is 3.22. The number of thioether (sulfide) groups is 1. The standard InChI is InChI=1S/C24H25N3S2/c28-23(27-24(15-5-6-16-24)22-10-4-7-17-25-22)26-20-13-11-19(12-14-20)18-29-21-8-2-1-3-9-21/h1-4,7-14,17H,5-6,15-16,18H2,(H2,26,27,28). The summed E-state index contributed by atoms with van der Waals surface area (Å²) in [6.45, 7) is 0. The summed E-state index contributed by atoms with van der Waals surface area (Å²) < 4.78 is 0. The molecule has 29 heavy (non-hydrogen) atoms. The Balaban J connectivity index is 1.35. The van der Waals surface area contributed by atoms with E-state index >= 15 is 0 Å². The van der Waals surface area contributed by atoms with Crippen molar-refractivity contribution in [2.45, 2.75) is 41.9 Å². The number of benzene rings is 2. The quantitative estimate of drug-likeness (QED) is 0.371. The minimum Gasteiger partial charge on any atom is -0.351 e. The van der Waals surface area contributed by atoms with Crippen LogP contribution in [0, 0.1) is 0 Å². The van der Waals surface area contributed by atoms with Crippen molar-refractivity contribution in [2.75, 3.05) is 5.32 Å². The fourth-order valence-corrected chi connectivity index (χ4v) is 5.01. The molecule has 1 aliphatic carbocycles. The Bertz CT molecular complexity index is 921. The average molecular weight is 420 g/mol. The summed E-state index contributed by atoms with van der Waals surface area (Å²) >= 11 is 7.48. The van der Waals surface area contributed by atoms with Crippen LogP contribution in [0.25, 0.3) is 0 Å². The van der Waals surface area contributed by atoms with Gasteiger partial charge in [0, 0.05) is 22.5 Å². The van der Waals surface area contributed by atoms with Gasteiger partial charge in [-0.1, -0.05) is 49.2 Å². The van der Waals surface area contributed by atoms with Crippen LogP contribution in [-0.2, 0) is 11.3 Å². The van der Waals surface area contributed by atoms with E-state index in [1.165, 1.54) is 23.3 Å². The zero-order chi connectivity index (χ0) is 19.9. The highest BCUT2D eigenvalue weighted by molar-refractivity contribution is 7.98. The van der Waals surface area contributed by atoms with E-state index in [0.29, 0.717) is 5.11 Å². The van der Waals surface area contributed by atoms with Crippen molar-refractivity contribution in [1.29, 1.82) is 0 Å². The third-order valence-corrected chi connectivity index (χ3v) is 6.61. The fourth-order valence-electron chi connectivity index (χ4n) is 3.82. The molecule has 0 amide bonds. The first-order valence-electron chi connectivity index (χ1n) is 10.0. The van der Waals surface area contributed by atoms with Crippen molar-refractivity contribution in [1.82, 2.24) is 10.3 Å². The first-order chi connectivity index (χ1) is 14.2. The second-order valence-corrected chi connectivity index (χ2v) is 8.84. The normalized spacial score (nSPS) is 15.0. The highest BCUT2D eigenvalue weighted by Crippen LogP contribution is 2.37. The van der Waals surface area contributed by atoms with Gasteiger partial charge in [0.25, 0.3) is 0 Å². The number of hydrogen-bond donors (Lipinski definition) is 2. The molecule has 5 heteroatoms. The van der Waals surface area contributed by atoms with Crippen molar-refractivity contribution in [3.63, 3.8) is 0 Å². The predicted molar refractivity (Wildman–Crippen MR) is 126 cm³/mol. The molecule has 3 nitrogen and oxygen atoms in total. The van der Waals surface area contributed by atoms with Gasteiger partial charge in [0.15, 0.2) is 5.11 Å². The van der Waals surface area contributed by atoms with Crippen LogP contribution < -0.4 is 10.6 Å². The van der Waals surface area contributed by atoms with E-state index in [2.05, 4.69) is 70.2 Å². The van der Waals surface area contributed by atoms with Crippen molar-refractivity contribution in [3.05, 3.63) is 90.3 Å². The average Bonchev–Trinajstić information content (AvgIpc) is 3.24. The molecule has 0 spiro atoms. The molecule has 3 aromatic rings. The third kappa shape index (κ3) is 5.17. The predicted octanol–water partition coefficient (Wildman–Crippen LogP) is 6.13. The third-order valence-electron chi connectivity index (χ3n) is 5.33. The van der Waals surface area contributed by atoms with Crippen molar-refractivity contribution >= 4 is 34.8 Å². The molecule has 0 bridgehead atoms. The molecule has 148 valence electrons. The number of anilines is 1. The molecule has 1 aromatic heterocycles. The smallest absolute Gasteiger partial charge is 0.171 e. The molecule has 4 rings (SSSR count). The highest BCUT2D eigenvalue weighted by Gasteiger charge is 2.37. The highest BCUT2D eigenvalue weighted by atomic mass is 32.2. The minimum atomic E-state index is -0.155. The maximum Gasteiger partial charge on any atom is 0.171 e. The number of aromatic nitrogens is 1. The molecule has 0 unspecified atom stereocenters. The number of nitrogens with one attached hydrogen (secondary N) is 2. The molecule has 1 heterocycles. The molecular formula is C24H25N3S2. The van der Waals surface area contributed by atoms with Gasteiger partial charge in [-0.3, -0.25) is 4.98 Å². The number of hydrogen-bond acceptors (Lipinski definition) is 3. The van der Waals surface area contributed by atoms with Gasteiger partial charge in [0.05, 0.1) is 11.2 Å². The number of pyridine rings is 1. The summed E-state index contributed by atoms with van der Waals surface area (Å²) in [5, 5.41) is 7.58. The summed E-state index contributed by atoms with van der Waals surface area (Å²) in [6.07, 6.45) is 6.36. The largest absolute Gasteiger partial charge is 0.351 e. The Morgan fingerprint density at radius 3 is 2.34 bits per heavy atom. The van der Waals surface area contributed by atoms with Gasteiger partial charge in [0.2, 0.25) is 0 Å². The molecule has 2 N–H and O–H groups in total. The van der Waals surface area contributed by atoms with E-state index in [4.69, 9.17) is 12.2 Å². The lowest BCUT2D eigenvalue weighted by Crippen LogP contribution is -2.46. The second kappa shape index (κ2) is 9.42. The maximum atomic E-state index is 5.64. The fraction of sp³-hybridized carbons (Fsp3) is 0.250. The van der Waals surface area contributed by atoms with E-state index in [1.54, 1.807) is 0 Å². The van der Waals surface area contributed by atoms with Crippen LogP contribution in [-0.4, -0.2) is 10.1 Å². The summed E-state index contributed by atoms with van der Waals surface area (Å²) in [7, 11) is 0. The number of rotatable bonds is 6. The number of thiocarbonyl (C=S) groups is 1. The molecule has 1 aliphatic rings. The zero-order valence-electron chi connectivity index (χ0n) is 16.3. The van der Waals surface area contributed by atoms with E-state index in [1.807, 2.05) is 36.2 Å². The Morgan fingerprint density at radius 2 is 1.66 bits per heavy atom. The molecule has 0 saturated heterocycles. The van der Waals surface area contributed by atoms with Crippen LogP contribution in [0.15, 0.2) is 83.9 Å². The molecule has 0 atom stereocenters. The monoisotopic (exact) mass is 419 g/mol. The van der Waals surface area contributed by atoms with Gasteiger partial charge in [-0.25, -0.2) is 0 Å². The number of nitrogens with zero attached hydrogens (tertiary/aromatic N) is 1. The first kappa shape index (κ1) is 19.9. The molecule has 2 aromatic carbocycles. The topological polar surface area (TPSA) is 37.0 Å². The minimum absolute atomic E-state index is 0.155. The van der Waals surface area contributed by atoms with Gasteiger partial charge < -0.3 is 10.6 Å². The van der Waals surface area contributed by atoms with Gasteiger partial charge >= 0.3 is 0 Å². The molecule has 1 saturated carbocycles. The van der Waals surface area contributed by atoms with E-state index in [-0.39, 0.29) is 5.54 Å². The van der Waals surface area contributed by atoms with Crippen LogP contribution in [0.4, 0.5) is 5.69 Å². The molecule has 0 radical (unpaired) electrons. The van der Waals surface area contributed by atoms with E-state index in [0.717, 1.165) is 30.0 Å². The van der Waals surface area contributed by atoms with E-state index < -0.39 is 0 Å². The molecule has 1 fully saturated rings. The van der Waals surface area contributed by atoms with Gasteiger partial charge in [-0.05, 0) is 67.0 Å². The second-order valence-electron chi connectivity index (χ2n) is 7.38. The van der Waals surface area contributed by atoms with E-state index in [9.17, 15) is 0 Å².